The highest BCUT2D eigenvalue weighted by atomic mass is 79.9. The van der Waals surface area contributed by atoms with Gasteiger partial charge in [0, 0.05) is 15.5 Å². The summed E-state index contributed by atoms with van der Waals surface area (Å²) in [6.45, 7) is 2.51. The molecule has 2 rings (SSSR count). The molecule has 1 heterocycles. The quantitative estimate of drug-likeness (QED) is 0.782. The highest BCUT2D eigenvalue weighted by molar-refractivity contribution is 9.11. The van der Waals surface area contributed by atoms with Crippen molar-refractivity contribution in [3.05, 3.63) is 27.1 Å². The molecule has 1 aliphatic heterocycles. The summed E-state index contributed by atoms with van der Waals surface area (Å²) in [7, 11) is -3.44. The fourth-order valence-corrected chi connectivity index (χ4v) is 4.92. The topological polar surface area (TPSA) is 58.2 Å². The second-order valence-corrected chi connectivity index (χ2v) is 8.13. The van der Waals surface area contributed by atoms with Crippen LogP contribution in [-0.2, 0) is 10.0 Å². The first-order valence-electron chi connectivity index (χ1n) is 6.14. The van der Waals surface area contributed by atoms with E-state index in [1.165, 1.54) is 0 Å². The Kier molecular flexibility index (Phi) is 5.42. The Labute approximate surface area is 130 Å². The molecule has 0 amide bonds. The normalized spacial score (nSPS) is 19.8. The van der Waals surface area contributed by atoms with Crippen molar-refractivity contribution in [1.82, 2.24) is 10.0 Å². The number of hydrogen-bond acceptors (Lipinski definition) is 3. The number of rotatable bonds is 5. The number of nitrogens with one attached hydrogen (secondary N) is 2. The number of halogens is 2. The fourth-order valence-electron chi connectivity index (χ4n) is 2.13. The van der Waals surface area contributed by atoms with Gasteiger partial charge in [0.25, 0.3) is 0 Å². The molecule has 0 spiro atoms. The summed E-state index contributed by atoms with van der Waals surface area (Å²) in [6.07, 6.45) is 2.00. The summed E-state index contributed by atoms with van der Waals surface area (Å²) < 4.78 is 28.4. The number of sulfonamides is 1. The van der Waals surface area contributed by atoms with E-state index in [2.05, 4.69) is 41.9 Å². The summed E-state index contributed by atoms with van der Waals surface area (Å²) in [5.74, 6) is 0.580. The first-order chi connectivity index (χ1) is 8.99. The van der Waals surface area contributed by atoms with Crippen LogP contribution in [0.3, 0.4) is 0 Å². The van der Waals surface area contributed by atoms with Crippen LogP contribution in [0.1, 0.15) is 12.8 Å². The Hall–Kier alpha value is 0.0500. The molecule has 19 heavy (non-hydrogen) atoms. The largest absolute Gasteiger partial charge is 0.316 e. The molecule has 1 fully saturated rings. The summed E-state index contributed by atoms with van der Waals surface area (Å²) in [5.41, 5.74) is 0. The van der Waals surface area contributed by atoms with Gasteiger partial charge in [-0.15, -0.1) is 0 Å². The van der Waals surface area contributed by atoms with E-state index in [0.717, 1.165) is 30.4 Å². The predicted molar refractivity (Wildman–Crippen MR) is 82.6 cm³/mol. The van der Waals surface area contributed by atoms with E-state index in [0.29, 0.717) is 16.9 Å². The lowest BCUT2D eigenvalue weighted by Crippen LogP contribution is -2.27. The lowest BCUT2D eigenvalue weighted by Gasteiger charge is -2.11. The minimum atomic E-state index is -3.44. The molecule has 0 saturated carbocycles. The zero-order valence-electron chi connectivity index (χ0n) is 10.3. The Morgan fingerprint density at radius 3 is 2.79 bits per heavy atom. The van der Waals surface area contributed by atoms with Crippen molar-refractivity contribution in [3.8, 4) is 0 Å². The highest BCUT2D eigenvalue weighted by Crippen LogP contribution is 2.25. The SMILES string of the molecule is O=S(=O)(NCCC1CCNC1)c1ccc(Br)cc1Br. The second-order valence-electron chi connectivity index (χ2n) is 4.62. The summed E-state index contributed by atoms with van der Waals surface area (Å²) in [6, 6.07) is 5.04. The van der Waals surface area contributed by atoms with Gasteiger partial charge in [-0.05, 0) is 66.0 Å². The van der Waals surface area contributed by atoms with Crippen molar-refractivity contribution in [2.75, 3.05) is 19.6 Å². The minimum Gasteiger partial charge on any atom is -0.316 e. The van der Waals surface area contributed by atoms with Gasteiger partial charge in [0.05, 0.1) is 4.90 Å². The molecule has 0 aromatic heterocycles. The molecule has 1 aliphatic rings. The molecule has 1 atom stereocenters. The van der Waals surface area contributed by atoms with E-state index in [-0.39, 0.29) is 4.90 Å². The zero-order chi connectivity index (χ0) is 13.9. The van der Waals surface area contributed by atoms with E-state index < -0.39 is 10.0 Å². The average Bonchev–Trinajstić information content (AvgIpc) is 2.81. The van der Waals surface area contributed by atoms with Gasteiger partial charge in [-0.3, -0.25) is 0 Å². The van der Waals surface area contributed by atoms with E-state index in [4.69, 9.17) is 0 Å². The smallest absolute Gasteiger partial charge is 0.241 e. The van der Waals surface area contributed by atoms with Gasteiger partial charge in [-0.2, -0.15) is 0 Å². The third-order valence-electron chi connectivity index (χ3n) is 3.19. The Bertz CT molecular complexity index is 543. The maximum absolute atomic E-state index is 12.2. The Morgan fingerprint density at radius 2 is 2.16 bits per heavy atom. The molecular weight excluding hydrogens is 396 g/mol. The Balaban J connectivity index is 1.97. The molecule has 7 heteroatoms. The molecular formula is C12H16Br2N2O2S. The molecule has 1 unspecified atom stereocenters. The van der Waals surface area contributed by atoms with Crippen LogP contribution in [0.5, 0.6) is 0 Å². The van der Waals surface area contributed by atoms with Crippen molar-refractivity contribution in [3.63, 3.8) is 0 Å². The lowest BCUT2D eigenvalue weighted by molar-refractivity contribution is 0.519. The van der Waals surface area contributed by atoms with Gasteiger partial charge in [0.1, 0.15) is 0 Å². The maximum Gasteiger partial charge on any atom is 0.241 e. The Morgan fingerprint density at radius 1 is 1.37 bits per heavy atom. The fraction of sp³-hybridized carbons (Fsp3) is 0.500. The molecule has 4 nitrogen and oxygen atoms in total. The van der Waals surface area contributed by atoms with Crippen LogP contribution >= 0.6 is 31.9 Å². The van der Waals surface area contributed by atoms with Gasteiger partial charge in [-0.1, -0.05) is 15.9 Å². The van der Waals surface area contributed by atoms with Crippen LogP contribution in [0.4, 0.5) is 0 Å². The van der Waals surface area contributed by atoms with E-state index >= 15 is 0 Å². The highest BCUT2D eigenvalue weighted by Gasteiger charge is 2.19. The monoisotopic (exact) mass is 410 g/mol. The molecule has 0 aliphatic carbocycles. The summed E-state index contributed by atoms with van der Waals surface area (Å²) >= 11 is 6.59. The van der Waals surface area contributed by atoms with Crippen molar-refractivity contribution >= 4 is 41.9 Å². The van der Waals surface area contributed by atoms with Crippen LogP contribution in [-0.4, -0.2) is 28.1 Å². The summed E-state index contributed by atoms with van der Waals surface area (Å²) in [4.78, 5) is 0.278. The van der Waals surface area contributed by atoms with Crippen LogP contribution in [0.25, 0.3) is 0 Å². The zero-order valence-corrected chi connectivity index (χ0v) is 14.3. The molecule has 0 radical (unpaired) electrons. The van der Waals surface area contributed by atoms with Gasteiger partial charge >= 0.3 is 0 Å². The molecule has 1 aromatic rings. The van der Waals surface area contributed by atoms with Gasteiger partial charge in [0.2, 0.25) is 10.0 Å². The van der Waals surface area contributed by atoms with Gasteiger partial charge in [0.15, 0.2) is 0 Å². The molecule has 0 bridgehead atoms. The van der Waals surface area contributed by atoms with E-state index in [1.807, 2.05) is 0 Å². The van der Waals surface area contributed by atoms with Crippen LogP contribution in [0, 0.1) is 5.92 Å². The maximum atomic E-state index is 12.2. The van der Waals surface area contributed by atoms with E-state index in [9.17, 15) is 8.42 Å². The molecule has 1 aromatic carbocycles. The number of benzene rings is 1. The van der Waals surface area contributed by atoms with Gasteiger partial charge in [-0.25, -0.2) is 13.1 Å². The van der Waals surface area contributed by atoms with Crippen LogP contribution in [0.2, 0.25) is 0 Å². The predicted octanol–water partition coefficient (Wildman–Crippen LogP) is 2.49. The minimum absolute atomic E-state index is 0.278. The van der Waals surface area contributed by atoms with Gasteiger partial charge < -0.3 is 5.32 Å². The number of hydrogen-bond donors (Lipinski definition) is 2. The third kappa shape index (κ3) is 4.26. The lowest BCUT2D eigenvalue weighted by atomic mass is 10.1. The molecule has 1 saturated heterocycles. The first kappa shape index (κ1) is 15.4. The van der Waals surface area contributed by atoms with Crippen LogP contribution in [0.15, 0.2) is 32.0 Å². The van der Waals surface area contributed by atoms with Crippen molar-refractivity contribution in [1.29, 1.82) is 0 Å². The van der Waals surface area contributed by atoms with Crippen molar-refractivity contribution < 1.29 is 8.42 Å². The van der Waals surface area contributed by atoms with E-state index in [1.54, 1.807) is 18.2 Å². The first-order valence-corrected chi connectivity index (χ1v) is 9.21. The van der Waals surface area contributed by atoms with Crippen LogP contribution < -0.4 is 10.0 Å². The van der Waals surface area contributed by atoms with Crippen molar-refractivity contribution in [2.24, 2.45) is 5.92 Å². The third-order valence-corrected chi connectivity index (χ3v) is 6.12. The average molecular weight is 412 g/mol. The molecule has 106 valence electrons. The van der Waals surface area contributed by atoms with Crippen molar-refractivity contribution in [2.45, 2.75) is 17.7 Å². The second kappa shape index (κ2) is 6.67. The summed E-state index contributed by atoms with van der Waals surface area (Å²) in [5, 5.41) is 3.28. The molecule has 2 N–H and O–H groups in total. The standard InChI is InChI=1S/C12H16Br2N2O2S/c13-10-1-2-12(11(14)7-10)19(17,18)16-6-4-9-3-5-15-8-9/h1-2,7,9,15-16H,3-6,8H2.